The van der Waals surface area contributed by atoms with Gasteiger partial charge in [-0.1, -0.05) is 6.92 Å². The second kappa shape index (κ2) is 2.35. The maximum absolute atomic E-state index is 11.3. The Morgan fingerprint density at radius 3 is 1.88 bits per heavy atom. The zero-order valence-corrected chi connectivity index (χ0v) is 4.24. The number of aliphatic hydroxyl groups excluding tert-OH is 1. The summed E-state index contributed by atoms with van der Waals surface area (Å²) in [5, 5.41) is 7.83. The van der Waals surface area contributed by atoms with Crippen molar-refractivity contribution in [3.63, 3.8) is 0 Å². The van der Waals surface area contributed by atoms with Crippen LogP contribution >= 0.6 is 0 Å². The molecule has 49 valence electrons. The second-order valence-electron chi connectivity index (χ2n) is 1.48. The quantitative estimate of drug-likeness (QED) is 0.568. The molecule has 0 aromatic carbocycles. The fraction of sp³-hybridized carbons (Fsp3) is 0.750. The van der Waals surface area contributed by atoms with Crippen molar-refractivity contribution < 1.29 is 18.3 Å². The fourth-order valence-corrected chi connectivity index (χ4v) is 0.0845. The van der Waals surface area contributed by atoms with Crippen molar-refractivity contribution in [2.75, 3.05) is 0 Å². The van der Waals surface area contributed by atoms with Crippen LogP contribution in [0.3, 0.4) is 0 Å². The van der Waals surface area contributed by atoms with Gasteiger partial charge in [0.1, 0.15) is 0 Å². The van der Waals surface area contributed by atoms with Crippen LogP contribution in [0.4, 0.5) is 13.2 Å². The molecule has 0 saturated carbocycles. The summed E-state index contributed by atoms with van der Waals surface area (Å²) in [6.45, 7) is 1.00. The summed E-state index contributed by atoms with van der Waals surface area (Å²) in [6, 6.07) is 0. The molecule has 0 aliphatic carbocycles. The van der Waals surface area contributed by atoms with E-state index in [1.54, 1.807) is 0 Å². The number of hydrogen-bond acceptors (Lipinski definition) is 1. The molecule has 0 saturated heterocycles. The summed E-state index contributed by atoms with van der Waals surface area (Å²) >= 11 is 0. The van der Waals surface area contributed by atoms with Crippen LogP contribution in [-0.2, 0) is 0 Å². The molecule has 0 amide bonds. The highest BCUT2D eigenvalue weighted by atomic mass is 19.4. The predicted octanol–water partition coefficient (Wildman–Crippen LogP) is 1.72. The SMILES string of the molecule is CC([CH]O)C(F)(F)F. The van der Waals surface area contributed by atoms with Crippen LogP contribution in [0.2, 0.25) is 0 Å². The Bertz CT molecular complexity index is 68.2. The monoisotopic (exact) mass is 127 g/mol. The maximum atomic E-state index is 11.3. The normalized spacial score (nSPS) is 16.1. The minimum absolute atomic E-state index is 0.125. The van der Waals surface area contributed by atoms with E-state index < -0.39 is 12.1 Å². The van der Waals surface area contributed by atoms with Gasteiger partial charge in [0.2, 0.25) is 0 Å². The molecule has 0 aliphatic heterocycles. The molecule has 1 radical (unpaired) electrons. The molecule has 8 heavy (non-hydrogen) atoms. The number of halogens is 3. The van der Waals surface area contributed by atoms with Gasteiger partial charge >= 0.3 is 6.18 Å². The van der Waals surface area contributed by atoms with Crippen LogP contribution in [-0.4, -0.2) is 11.3 Å². The summed E-state index contributed by atoms with van der Waals surface area (Å²) in [4.78, 5) is 0. The zero-order valence-electron chi connectivity index (χ0n) is 4.24. The third-order valence-corrected chi connectivity index (χ3v) is 0.740. The predicted molar refractivity (Wildman–Crippen MR) is 21.5 cm³/mol. The minimum atomic E-state index is -4.30. The van der Waals surface area contributed by atoms with E-state index in [-0.39, 0.29) is 6.61 Å². The highest BCUT2D eigenvalue weighted by Crippen LogP contribution is 2.26. The van der Waals surface area contributed by atoms with Crippen molar-refractivity contribution in [2.24, 2.45) is 5.92 Å². The van der Waals surface area contributed by atoms with Gasteiger partial charge in [0, 0.05) is 0 Å². The van der Waals surface area contributed by atoms with Gasteiger partial charge in [0.25, 0.3) is 0 Å². The highest BCUT2D eigenvalue weighted by Gasteiger charge is 2.35. The lowest BCUT2D eigenvalue weighted by Crippen LogP contribution is -2.19. The average Bonchev–Trinajstić information content (AvgIpc) is 1.62. The lowest BCUT2D eigenvalue weighted by atomic mass is 10.2. The van der Waals surface area contributed by atoms with E-state index >= 15 is 0 Å². The van der Waals surface area contributed by atoms with E-state index in [1.165, 1.54) is 0 Å². The van der Waals surface area contributed by atoms with Crippen molar-refractivity contribution in [1.82, 2.24) is 0 Å². The van der Waals surface area contributed by atoms with E-state index in [1.807, 2.05) is 0 Å². The molecular weight excluding hydrogens is 121 g/mol. The number of aliphatic hydroxyl groups is 1. The molecule has 0 spiro atoms. The van der Waals surface area contributed by atoms with Crippen LogP contribution < -0.4 is 0 Å². The summed E-state index contributed by atoms with van der Waals surface area (Å²) in [6.07, 6.45) is -4.30. The van der Waals surface area contributed by atoms with Crippen molar-refractivity contribution in [1.29, 1.82) is 0 Å². The Labute approximate surface area is 45.1 Å². The van der Waals surface area contributed by atoms with Gasteiger partial charge in [-0.2, -0.15) is 13.2 Å². The average molecular weight is 127 g/mol. The van der Waals surface area contributed by atoms with Crippen LogP contribution in [0, 0.1) is 12.5 Å². The van der Waals surface area contributed by atoms with E-state index in [4.69, 9.17) is 5.11 Å². The van der Waals surface area contributed by atoms with Gasteiger partial charge in [0.05, 0.1) is 12.5 Å². The van der Waals surface area contributed by atoms with Crippen molar-refractivity contribution in [3.8, 4) is 0 Å². The first-order chi connectivity index (χ1) is 3.48. The smallest absolute Gasteiger partial charge is 0.390 e. The zero-order chi connectivity index (χ0) is 6.78. The van der Waals surface area contributed by atoms with Gasteiger partial charge in [-0.05, 0) is 0 Å². The fourth-order valence-electron chi connectivity index (χ4n) is 0.0845. The lowest BCUT2D eigenvalue weighted by molar-refractivity contribution is -0.168. The molecule has 0 fully saturated rings. The van der Waals surface area contributed by atoms with Crippen LogP contribution in [0.25, 0.3) is 0 Å². The Kier molecular flexibility index (Phi) is 2.27. The highest BCUT2D eigenvalue weighted by molar-refractivity contribution is 4.67. The van der Waals surface area contributed by atoms with Crippen LogP contribution in [0.1, 0.15) is 6.92 Å². The van der Waals surface area contributed by atoms with E-state index in [0.717, 1.165) is 6.92 Å². The summed E-state index contributed by atoms with van der Waals surface area (Å²) in [5.74, 6) is -1.72. The molecule has 0 aromatic rings. The Morgan fingerprint density at radius 2 is 1.88 bits per heavy atom. The standard InChI is InChI=1S/C4H6F3O/c1-3(2-8)4(5,6)7/h2-3,8H,1H3. The molecule has 1 atom stereocenters. The molecule has 0 heterocycles. The van der Waals surface area contributed by atoms with Crippen LogP contribution in [0.15, 0.2) is 0 Å². The van der Waals surface area contributed by atoms with Crippen LogP contribution in [0.5, 0.6) is 0 Å². The topological polar surface area (TPSA) is 20.2 Å². The van der Waals surface area contributed by atoms with Gasteiger partial charge in [-0.25, -0.2) is 0 Å². The van der Waals surface area contributed by atoms with E-state index in [2.05, 4.69) is 0 Å². The van der Waals surface area contributed by atoms with Gasteiger partial charge < -0.3 is 5.11 Å². The summed E-state index contributed by atoms with van der Waals surface area (Å²) in [5.41, 5.74) is 0. The van der Waals surface area contributed by atoms with Crippen molar-refractivity contribution in [3.05, 3.63) is 6.61 Å². The summed E-state index contributed by atoms with van der Waals surface area (Å²) < 4.78 is 33.8. The number of hydrogen-bond donors (Lipinski definition) is 1. The van der Waals surface area contributed by atoms with E-state index in [9.17, 15) is 13.2 Å². The molecule has 1 unspecified atom stereocenters. The Balaban J connectivity index is 3.62. The first-order valence-corrected chi connectivity index (χ1v) is 2.02. The second-order valence-corrected chi connectivity index (χ2v) is 1.48. The molecular formula is C4H6F3O. The van der Waals surface area contributed by atoms with Gasteiger partial charge in [-0.3, -0.25) is 0 Å². The Hall–Kier alpha value is -0.250. The summed E-state index contributed by atoms with van der Waals surface area (Å²) in [7, 11) is 0. The lowest BCUT2D eigenvalue weighted by Gasteiger charge is -2.10. The number of rotatable bonds is 1. The largest absolute Gasteiger partial charge is 0.394 e. The maximum Gasteiger partial charge on any atom is 0.394 e. The molecule has 0 aromatic heterocycles. The van der Waals surface area contributed by atoms with Crippen molar-refractivity contribution in [2.45, 2.75) is 13.1 Å². The third-order valence-electron chi connectivity index (χ3n) is 0.740. The number of alkyl halides is 3. The van der Waals surface area contributed by atoms with Gasteiger partial charge in [-0.15, -0.1) is 0 Å². The minimum Gasteiger partial charge on any atom is -0.390 e. The van der Waals surface area contributed by atoms with Crippen molar-refractivity contribution >= 4 is 0 Å². The van der Waals surface area contributed by atoms with E-state index in [0.29, 0.717) is 0 Å². The molecule has 1 N–H and O–H groups in total. The molecule has 4 heteroatoms. The first kappa shape index (κ1) is 7.75. The molecule has 0 bridgehead atoms. The first-order valence-electron chi connectivity index (χ1n) is 2.02. The Morgan fingerprint density at radius 1 is 1.50 bits per heavy atom. The molecule has 1 nitrogen and oxygen atoms in total. The molecule has 0 rings (SSSR count). The third kappa shape index (κ3) is 2.16. The molecule has 0 aliphatic rings. The van der Waals surface area contributed by atoms with Gasteiger partial charge in [0.15, 0.2) is 0 Å².